The highest BCUT2D eigenvalue weighted by atomic mass is 16.5. The Labute approximate surface area is 91.5 Å². The van der Waals surface area contributed by atoms with Gasteiger partial charge in [-0.15, -0.1) is 0 Å². The van der Waals surface area contributed by atoms with Crippen molar-refractivity contribution in [3.05, 3.63) is 0 Å². The Hall–Kier alpha value is -0.610. The Morgan fingerprint density at radius 2 is 2.20 bits per heavy atom. The highest BCUT2D eigenvalue weighted by Crippen LogP contribution is 2.27. The van der Waals surface area contributed by atoms with Crippen LogP contribution in [0.3, 0.4) is 0 Å². The van der Waals surface area contributed by atoms with E-state index in [1.807, 2.05) is 6.92 Å². The van der Waals surface area contributed by atoms with Gasteiger partial charge in [-0.1, -0.05) is 20.8 Å². The maximum Gasteiger partial charge on any atom is 0.229 e. The van der Waals surface area contributed by atoms with Crippen LogP contribution in [-0.2, 0) is 9.53 Å². The largest absolute Gasteiger partial charge is 0.379 e. The Morgan fingerprint density at radius 1 is 1.60 bits per heavy atom. The molecule has 4 nitrogen and oxygen atoms in total. The van der Waals surface area contributed by atoms with Crippen LogP contribution >= 0.6 is 0 Å². The van der Waals surface area contributed by atoms with E-state index in [0.29, 0.717) is 19.8 Å². The summed E-state index contributed by atoms with van der Waals surface area (Å²) in [5, 5.41) is 2.94. The van der Waals surface area contributed by atoms with Crippen LogP contribution in [0, 0.1) is 10.8 Å². The van der Waals surface area contributed by atoms with Gasteiger partial charge < -0.3 is 15.8 Å². The van der Waals surface area contributed by atoms with Crippen molar-refractivity contribution in [2.75, 3.05) is 19.8 Å². The smallest absolute Gasteiger partial charge is 0.229 e. The molecule has 0 spiro atoms. The molecular weight excluding hydrogens is 192 g/mol. The molecular formula is C11H22N2O2. The molecule has 2 unspecified atom stereocenters. The zero-order valence-electron chi connectivity index (χ0n) is 10.1. The fraction of sp³-hybridized carbons (Fsp3) is 0.909. The fourth-order valence-corrected chi connectivity index (χ4v) is 1.47. The van der Waals surface area contributed by atoms with E-state index in [0.717, 1.165) is 0 Å². The van der Waals surface area contributed by atoms with Crippen molar-refractivity contribution in [3.63, 3.8) is 0 Å². The zero-order chi connectivity index (χ0) is 11.7. The van der Waals surface area contributed by atoms with Gasteiger partial charge >= 0.3 is 0 Å². The van der Waals surface area contributed by atoms with Crippen LogP contribution in [-0.4, -0.2) is 31.7 Å². The van der Waals surface area contributed by atoms with E-state index in [1.165, 1.54) is 0 Å². The number of nitrogens with two attached hydrogens (primary N) is 1. The number of carbonyl (C=O) groups excluding carboxylic acids is 1. The molecule has 1 heterocycles. The van der Waals surface area contributed by atoms with Gasteiger partial charge in [-0.2, -0.15) is 0 Å². The van der Waals surface area contributed by atoms with Gasteiger partial charge in [0.15, 0.2) is 0 Å². The lowest BCUT2D eigenvalue weighted by atomic mass is 9.84. The SMILES string of the molecule is CC(C)(C)CNC(=O)C1(C)COCC1N. The number of hydrogen-bond acceptors (Lipinski definition) is 3. The lowest BCUT2D eigenvalue weighted by Crippen LogP contribution is -2.51. The zero-order valence-corrected chi connectivity index (χ0v) is 10.1. The molecule has 3 N–H and O–H groups in total. The molecule has 0 aromatic rings. The molecule has 1 aliphatic rings. The highest BCUT2D eigenvalue weighted by Gasteiger charge is 2.44. The lowest BCUT2D eigenvalue weighted by molar-refractivity contribution is -0.131. The third kappa shape index (κ3) is 2.92. The van der Waals surface area contributed by atoms with Crippen molar-refractivity contribution < 1.29 is 9.53 Å². The molecule has 88 valence electrons. The molecule has 1 fully saturated rings. The first-order chi connectivity index (χ1) is 6.76. The monoisotopic (exact) mass is 214 g/mol. The Bertz CT molecular complexity index is 247. The molecule has 2 atom stereocenters. The van der Waals surface area contributed by atoms with Gasteiger partial charge in [-0.3, -0.25) is 4.79 Å². The summed E-state index contributed by atoms with van der Waals surface area (Å²) in [7, 11) is 0. The molecule has 1 aliphatic heterocycles. The van der Waals surface area contributed by atoms with E-state index >= 15 is 0 Å². The second-order valence-corrected chi connectivity index (χ2v) is 5.78. The first-order valence-electron chi connectivity index (χ1n) is 5.37. The summed E-state index contributed by atoms with van der Waals surface area (Å²) in [6.45, 7) is 9.67. The van der Waals surface area contributed by atoms with Crippen LogP contribution in [0.25, 0.3) is 0 Å². The van der Waals surface area contributed by atoms with Gasteiger partial charge in [-0.25, -0.2) is 0 Å². The topological polar surface area (TPSA) is 64.3 Å². The van der Waals surface area contributed by atoms with E-state index in [2.05, 4.69) is 26.1 Å². The summed E-state index contributed by atoms with van der Waals surface area (Å²) in [4.78, 5) is 12.0. The molecule has 0 aromatic heterocycles. The van der Waals surface area contributed by atoms with E-state index in [-0.39, 0.29) is 17.4 Å². The predicted octanol–water partition coefficient (Wildman–Crippen LogP) is 0.513. The minimum Gasteiger partial charge on any atom is -0.379 e. The summed E-state index contributed by atoms with van der Waals surface area (Å²) >= 11 is 0. The number of carbonyl (C=O) groups is 1. The average Bonchev–Trinajstić information content (AvgIpc) is 2.43. The average molecular weight is 214 g/mol. The molecule has 1 amide bonds. The normalized spacial score (nSPS) is 31.7. The Balaban J connectivity index is 2.53. The number of hydrogen-bond donors (Lipinski definition) is 2. The Morgan fingerprint density at radius 3 is 2.60 bits per heavy atom. The van der Waals surface area contributed by atoms with Crippen molar-refractivity contribution in [1.29, 1.82) is 0 Å². The second-order valence-electron chi connectivity index (χ2n) is 5.78. The van der Waals surface area contributed by atoms with E-state index < -0.39 is 5.41 Å². The molecule has 15 heavy (non-hydrogen) atoms. The fourth-order valence-electron chi connectivity index (χ4n) is 1.47. The minimum absolute atomic E-state index is 0.00225. The molecule has 0 aliphatic carbocycles. The van der Waals surface area contributed by atoms with Crippen LogP contribution < -0.4 is 11.1 Å². The molecule has 0 bridgehead atoms. The standard InChI is InChI=1S/C11H22N2O2/c1-10(2,3)6-13-9(14)11(4)7-15-5-8(11)12/h8H,5-7,12H2,1-4H3,(H,13,14). The first kappa shape index (κ1) is 12.5. The summed E-state index contributed by atoms with van der Waals surface area (Å²) in [6, 6.07) is -0.197. The number of rotatable bonds is 2. The molecule has 0 saturated carbocycles. The maximum absolute atomic E-state index is 12.0. The van der Waals surface area contributed by atoms with Crippen LogP contribution in [0.1, 0.15) is 27.7 Å². The van der Waals surface area contributed by atoms with Gasteiger partial charge in [0, 0.05) is 12.6 Å². The number of nitrogens with one attached hydrogen (secondary N) is 1. The van der Waals surface area contributed by atoms with Gasteiger partial charge in [0.25, 0.3) is 0 Å². The van der Waals surface area contributed by atoms with Gasteiger partial charge in [0.2, 0.25) is 5.91 Å². The van der Waals surface area contributed by atoms with Crippen LogP contribution in [0.15, 0.2) is 0 Å². The maximum atomic E-state index is 12.0. The van der Waals surface area contributed by atoms with Crippen molar-refractivity contribution >= 4 is 5.91 Å². The van der Waals surface area contributed by atoms with Crippen molar-refractivity contribution in [1.82, 2.24) is 5.32 Å². The van der Waals surface area contributed by atoms with Crippen molar-refractivity contribution in [2.45, 2.75) is 33.7 Å². The summed E-state index contributed by atoms with van der Waals surface area (Å²) in [5.74, 6) is 0.00225. The molecule has 0 radical (unpaired) electrons. The first-order valence-corrected chi connectivity index (χ1v) is 5.37. The summed E-state index contributed by atoms with van der Waals surface area (Å²) in [5.41, 5.74) is 5.40. The van der Waals surface area contributed by atoms with Gasteiger partial charge in [0.1, 0.15) is 0 Å². The summed E-state index contributed by atoms with van der Waals surface area (Å²) in [6.07, 6.45) is 0. The van der Waals surface area contributed by atoms with Crippen LogP contribution in [0.5, 0.6) is 0 Å². The van der Waals surface area contributed by atoms with Gasteiger partial charge in [0.05, 0.1) is 18.6 Å². The van der Waals surface area contributed by atoms with E-state index in [4.69, 9.17) is 10.5 Å². The molecule has 0 aromatic carbocycles. The van der Waals surface area contributed by atoms with Crippen molar-refractivity contribution in [2.24, 2.45) is 16.6 Å². The van der Waals surface area contributed by atoms with Gasteiger partial charge in [-0.05, 0) is 12.3 Å². The third-order valence-corrected chi connectivity index (χ3v) is 2.82. The van der Waals surface area contributed by atoms with Crippen LogP contribution in [0.4, 0.5) is 0 Å². The molecule has 1 saturated heterocycles. The summed E-state index contributed by atoms with van der Waals surface area (Å²) < 4.78 is 5.24. The van der Waals surface area contributed by atoms with E-state index in [9.17, 15) is 4.79 Å². The highest BCUT2D eigenvalue weighted by molar-refractivity contribution is 5.83. The lowest BCUT2D eigenvalue weighted by Gasteiger charge is -2.28. The minimum atomic E-state index is -0.564. The number of amides is 1. The molecule has 4 heteroatoms. The second kappa shape index (κ2) is 4.10. The van der Waals surface area contributed by atoms with Crippen molar-refractivity contribution in [3.8, 4) is 0 Å². The number of ether oxygens (including phenoxy) is 1. The predicted molar refractivity (Wildman–Crippen MR) is 59.4 cm³/mol. The Kier molecular flexibility index (Phi) is 3.41. The van der Waals surface area contributed by atoms with E-state index in [1.54, 1.807) is 0 Å². The van der Waals surface area contributed by atoms with Crippen LogP contribution in [0.2, 0.25) is 0 Å². The quantitative estimate of drug-likeness (QED) is 0.704. The molecule has 1 rings (SSSR count). The third-order valence-electron chi connectivity index (χ3n) is 2.82.